The Bertz CT molecular complexity index is 988. The maximum Gasteiger partial charge on any atom is 0.303 e. The number of benzene rings is 3. The van der Waals surface area contributed by atoms with Gasteiger partial charge < -0.3 is 19.3 Å². The third kappa shape index (κ3) is 6.24. The van der Waals surface area contributed by atoms with Crippen molar-refractivity contribution in [1.29, 1.82) is 0 Å². The zero-order valence-corrected chi connectivity index (χ0v) is 16.6. The van der Waals surface area contributed by atoms with Gasteiger partial charge in [-0.1, -0.05) is 24.3 Å². The first-order chi connectivity index (χ1) is 14.5. The van der Waals surface area contributed by atoms with Crippen molar-refractivity contribution in [2.24, 2.45) is 0 Å². The SMILES string of the molecule is CCOc1cc(COc2ccc(CCC(=O)O)cc2F)cc(Oc2ccccc2)c1. The highest BCUT2D eigenvalue weighted by molar-refractivity contribution is 5.67. The van der Waals surface area contributed by atoms with Gasteiger partial charge in [0.2, 0.25) is 0 Å². The minimum Gasteiger partial charge on any atom is -0.494 e. The van der Waals surface area contributed by atoms with Crippen LogP contribution in [-0.4, -0.2) is 17.7 Å². The van der Waals surface area contributed by atoms with Gasteiger partial charge in [-0.15, -0.1) is 0 Å². The molecule has 3 rings (SSSR count). The van der Waals surface area contributed by atoms with Crippen molar-refractivity contribution in [2.45, 2.75) is 26.4 Å². The van der Waals surface area contributed by atoms with Crippen molar-refractivity contribution in [3.8, 4) is 23.0 Å². The van der Waals surface area contributed by atoms with Gasteiger partial charge in [0.05, 0.1) is 6.61 Å². The predicted octanol–water partition coefficient (Wildman–Crippen LogP) is 5.61. The van der Waals surface area contributed by atoms with Crippen molar-refractivity contribution in [1.82, 2.24) is 0 Å². The zero-order chi connectivity index (χ0) is 21.3. The van der Waals surface area contributed by atoms with Crippen molar-refractivity contribution in [2.75, 3.05) is 6.61 Å². The van der Waals surface area contributed by atoms with Gasteiger partial charge >= 0.3 is 5.97 Å². The molecule has 156 valence electrons. The lowest BCUT2D eigenvalue weighted by Crippen LogP contribution is -2.01. The molecule has 0 saturated carbocycles. The van der Waals surface area contributed by atoms with Crippen LogP contribution in [0.25, 0.3) is 0 Å². The second-order valence-electron chi connectivity index (χ2n) is 6.61. The van der Waals surface area contributed by atoms with E-state index in [1.807, 2.05) is 49.4 Å². The standard InChI is InChI=1S/C24H23FO5/c1-2-28-20-12-18(13-21(15-20)30-19-6-4-3-5-7-19)16-29-23-10-8-17(14-22(23)25)9-11-24(26)27/h3-8,10,12-15H,2,9,11,16H2,1H3,(H,26,27). The number of carboxylic acid groups (broad SMARTS) is 1. The molecule has 0 radical (unpaired) electrons. The fourth-order valence-electron chi connectivity index (χ4n) is 2.88. The van der Waals surface area contributed by atoms with Gasteiger partial charge in [0, 0.05) is 12.5 Å². The molecule has 3 aromatic rings. The summed E-state index contributed by atoms with van der Waals surface area (Å²) in [4.78, 5) is 10.7. The monoisotopic (exact) mass is 410 g/mol. The van der Waals surface area contributed by atoms with Gasteiger partial charge in [-0.05, 0) is 60.9 Å². The number of halogens is 1. The van der Waals surface area contributed by atoms with E-state index >= 15 is 0 Å². The number of hydrogen-bond donors (Lipinski definition) is 1. The van der Waals surface area contributed by atoms with Crippen LogP contribution in [0.1, 0.15) is 24.5 Å². The molecule has 0 atom stereocenters. The van der Waals surface area contributed by atoms with Crippen LogP contribution < -0.4 is 14.2 Å². The molecule has 0 bridgehead atoms. The number of ether oxygens (including phenoxy) is 3. The Kier molecular flexibility index (Phi) is 7.27. The minimum absolute atomic E-state index is 0.0476. The highest BCUT2D eigenvalue weighted by atomic mass is 19.1. The molecule has 30 heavy (non-hydrogen) atoms. The van der Waals surface area contributed by atoms with Gasteiger partial charge in [0.1, 0.15) is 23.9 Å². The number of para-hydroxylation sites is 1. The number of aliphatic carboxylic acids is 1. The lowest BCUT2D eigenvalue weighted by atomic mass is 10.1. The summed E-state index contributed by atoms with van der Waals surface area (Å²) in [5.41, 5.74) is 1.38. The lowest BCUT2D eigenvalue weighted by molar-refractivity contribution is -0.136. The summed E-state index contributed by atoms with van der Waals surface area (Å²) < 4.78 is 31.5. The summed E-state index contributed by atoms with van der Waals surface area (Å²) in [6.45, 7) is 2.52. The van der Waals surface area contributed by atoms with E-state index in [4.69, 9.17) is 19.3 Å². The molecule has 3 aromatic carbocycles. The first-order valence-corrected chi connectivity index (χ1v) is 9.66. The maximum atomic E-state index is 14.3. The molecule has 0 saturated heterocycles. The quantitative estimate of drug-likeness (QED) is 0.470. The molecule has 1 N–H and O–H groups in total. The zero-order valence-electron chi connectivity index (χ0n) is 16.6. The average Bonchev–Trinajstić information content (AvgIpc) is 2.72. The van der Waals surface area contributed by atoms with Crippen molar-refractivity contribution < 1.29 is 28.5 Å². The Morgan fingerprint density at radius 1 is 0.900 bits per heavy atom. The molecule has 0 aliphatic carbocycles. The molecule has 6 heteroatoms. The highest BCUT2D eigenvalue weighted by Gasteiger charge is 2.09. The van der Waals surface area contributed by atoms with E-state index < -0.39 is 11.8 Å². The summed E-state index contributed by atoms with van der Waals surface area (Å²) in [6.07, 6.45) is 0.219. The van der Waals surface area contributed by atoms with Crippen LogP contribution in [-0.2, 0) is 17.8 Å². The largest absolute Gasteiger partial charge is 0.494 e. The van der Waals surface area contributed by atoms with Crippen molar-refractivity contribution in [3.63, 3.8) is 0 Å². The number of carbonyl (C=O) groups is 1. The van der Waals surface area contributed by atoms with Crippen LogP contribution in [0.5, 0.6) is 23.0 Å². The molecular weight excluding hydrogens is 387 g/mol. The molecule has 0 spiro atoms. The first-order valence-electron chi connectivity index (χ1n) is 9.66. The van der Waals surface area contributed by atoms with Crippen LogP contribution in [0.4, 0.5) is 4.39 Å². The number of hydrogen-bond acceptors (Lipinski definition) is 4. The molecular formula is C24H23FO5. The molecule has 0 heterocycles. The van der Waals surface area contributed by atoms with Gasteiger partial charge in [-0.3, -0.25) is 4.79 Å². The highest BCUT2D eigenvalue weighted by Crippen LogP contribution is 2.29. The second kappa shape index (κ2) is 10.3. The molecule has 0 amide bonds. The Labute approximate surface area is 174 Å². The topological polar surface area (TPSA) is 65.0 Å². The van der Waals surface area contributed by atoms with Crippen LogP contribution in [0.2, 0.25) is 0 Å². The average molecular weight is 410 g/mol. The third-order valence-corrected chi connectivity index (χ3v) is 4.25. The van der Waals surface area contributed by atoms with E-state index in [1.165, 1.54) is 12.1 Å². The molecule has 0 aromatic heterocycles. The molecule has 0 aliphatic heterocycles. The Balaban J connectivity index is 1.71. The smallest absolute Gasteiger partial charge is 0.303 e. The van der Waals surface area contributed by atoms with Crippen LogP contribution in [0.15, 0.2) is 66.7 Å². The lowest BCUT2D eigenvalue weighted by Gasteiger charge is -2.13. The number of carboxylic acids is 1. The minimum atomic E-state index is -0.918. The first kappa shape index (κ1) is 21.2. The van der Waals surface area contributed by atoms with Crippen molar-refractivity contribution >= 4 is 5.97 Å². The Morgan fingerprint density at radius 2 is 1.67 bits per heavy atom. The van der Waals surface area contributed by atoms with Gasteiger partial charge in [0.25, 0.3) is 0 Å². The van der Waals surface area contributed by atoms with Crippen molar-refractivity contribution in [3.05, 3.63) is 83.7 Å². The predicted molar refractivity (Wildman–Crippen MR) is 111 cm³/mol. The van der Waals surface area contributed by atoms with Crippen LogP contribution in [0, 0.1) is 5.82 Å². The number of aryl methyl sites for hydroxylation is 1. The fraction of sp³-hybridized carbons (Fsp3) is 0.208. The van der Waals surface area contributed by atoms with E-state index in [0.29, 0.717) is 29.4 Å². The molecule has 0 unspecified atom stereocenters. The summed E-state index contributed by atoms with van der Waals surface area (Å²) in [5, 5.41) is 8.75. The molecule has 0 fully saturated rings. The third-order valence-electron chi connectivity index (χ3n) is 4.25. The fourth-order valence-corrected chi connectivity index (χ4v) is 2.88. The van der Waals surface area contributed by atoms with Crippen LogP contribution in [0.3, 0.4) is 0 Å². The normalized spacial score (nSPS) is 10.5. The van der Waals surface area contributed by atoms with E-state index in [-0.39, 0.29) is 25.2 Å². The second-order valence-corrected chi connectivity index (χ2v) is 6.61. The summed E-state index contributed by atoms with van der Waals surface area (Å²) in [6, 6.07) is 19.3. The van der Waals surface area contributed by atoms with Gasteiger partial charge in [0.15, 0.2) is 11.6 Å². The van der Waals surface area contributed by atoms with E-state index in [1.54, 1.807) is 12.1 Å². The van der Waals surface area contributed by atoms with E-state index in [2.05, 4.69) is 0 Å². The summed E-state index contributed by atoms with van der Waals surface area (Å²) >= 11 is 0. The number of rotatable bonds is 10. The Hall–Kier alpha value is -3.54. The molecule has 5 nitrogen and oxygen atoms in total. The maximum absolute atomic E-state index is 14.3. The van der Waals surface area contributed by atoms with E-state index in [0.717, 1.165) is 5.56 Å². The van der Waals surface area contributed by atoms with Gasteiger partial charge in [-0.2, -0.15) is 0 Å². The molecule has 0 aliphatic rings. The van der Waals surface area contributed by atoms with Gasteiger partial charge in [-0.25, -0.2) is 4.39 Å². The summed E-state index contributed by atoms with van der Waals surface area (Å²) in [7, 11) is 0. The summed E-state index contributed by atoms with van der Waals surface area (Å²) in [5.74, 6) is 0.574. The Morgan fingerprint density at radius 3 is 2.37 bits per heavy atom. The van der Waals surface area contributed by atoms with E-state index in [9.17, 15) is 9.18 Å². The van der Waals surface area contributed by atoms with Crippen LogP contribution >= 0.6 is 0 Å².